The summed E-state index contributed by atoms with van der Waals surface area (Å²) in [5.41, 5.74) is 5.88. The Hall–Kier alpha value is -3.21. The second kappa shape index (κ2) is 12.2. The van der Waals surface area contributed by atoms with Gasteiger partial charge in [0.25, 0.3) is 0 Å². The lowest BCUT2D eigenvalue weighted by Crippen LogP contribution is -2.50. The van der Waals surface area contributed by atoms with Gasteiger partial charge in [-0.25, -0.2) is 9.78 Å². The number of nitrogens with zero attached hydrogens (tertiary/aromatic N) is 5. The van der Waals surface area contributed by atoms with Crippen molar-refractivity contribution in [3.05, 3.63) is 17.5 Å². The number of allylic oxidation sites excluding steroid dienone is 1. The zero-order valence-electron chi connectivity index (χ0n) is 25.6. The van der Waals surface area contributed by atoms with Gasteiger partial charge < -0.3 is 29.9 Å². The van der Waals surface area contributed by atoms with Crippen LogP contribution < -0.4 is 15.4 Å². The number of piperazine rings is 1. The third-order valence-corrected chi connectivity index (χ3v) is 9.14. The molecule has 1 spiro atoms. The summed E-state index contributed by atoms with van der Waals surface area (Å²) in [6.07, 6.45) is 6.45. The highest BCUT2D eigenvalue weighted by atomic mass is 16.6. The van der Waals surface area contributed by atoms with E-state index in [4.69, 9.17) is 20.2 Å². The van der Waals surface area contributed by atoms with Crippen LogP contribution >= 0.6 is 0 Å². The topological polar surface area (TPSA) is 131 Å². The van der Waals surface area contributed by atoms with E-state index in [1.54, 1.807) is 4.90 Å². The minimum absolute atomic E-state index is 0.0472. The van der Waals surface area contributed by atoms with Crippen LogP contribution in [0.2, 0.25) is 0 Å². The highest BCUT2D eigenvalue weighted by Gasteiger charge is 2.49. The van der Waals surface area contributed by atoms with Gasteiger partial charge in [0.2, 0.25) is 5.88 Å². The van der Waals surface area contributed by atoms with E-state index in [2.05, 4.69) is 21.8 Å². The van der Waals surface area contributed by atoms with E-state index in [-0.39, 0.29) is 29.2 Å². The molecule has 5 rings (SSSR count). The predicted octanol–water partition coefficient (Wildman–Crippen LogP) is 3.56. The van der Waals surface area contributed by atoms with Crippen LogP contribution in [0.1, 0.15) is 84.4 Å². The molecule has 4 fully saturated rings. The second-order valence-corrected chi connectivity index (χ2v) is 13.2. The molecule has 11 nitrogen and oxygen atoms in total. The highest BCUT2D eigenvalue weighted by Crippen LogP contribution is 2.45. The summed E-state index contributed by atoms with van der Waals surface area (Å²) < 4.78 is 11.8. The molecule has 2 saturated heterocycles. The number of likely N-dealkylation sites (N-methyl/N-ethyl adjacent to an activating group) is 1. The average Bonchev–Trinajstić information content (AvgIpc) is 3.38. The van der Waals surface area contributed by atoms with Crippen LogP contribution in [0, 0.1) is 5.41 Å². The van der Waals surface area contributed by atoms with E-state index in [1.807, 2.05) is 26.8 Å². The van der Waals surface area contributed by atoms with Crippen LogP contribution in [-0.4, -0.2) is 95.4 Å². The molecular weight excluding hydrogens is 536 g/mol. The van der Waals surface area contributed by atoms with Crippen molar-refractivity contribution in [1.29, 1.82) is 0 Å². The number of carbonyl (C=O) groups is 3. The number of ketones is 2. The van der Waals surface area contributed by atoms with E-state index >= 15 is 0 Å². The van der Waals surface area contributed by atoms with Crippen molar-refractivity contribution in [2.24, 2.45) is 11.1 Å². The van der Waals surface area contributed by atoms with Gasteiger partial charge in [0.05, 0.1) is 11.1 Å². The van der Waals surface area contributed by atoms with Gasteiger partial charge in [0.15, 0.2) is 11.6 Å². The Kier molecular flexibility index (Phi) is 8.78. The molecule has 0 unspecified atom stereocenters. The lowest BCUT2D eigenvalue weighted by Gasteiger charge is -2.38. The average molecular weight is 583 g/mol. The van der Waals surface area contributed by atoms with E-state index in [1.165, 1.54) is 0 Å². The van der Waals surface area contributed by atoms with Gasteiger partial charge >= 0.3 is 6.09 Å². The number of aromatic nitrogens is 2. The minimum Gasteiger partial charge on any atom is -0.476 e. The molecule has 2 atom stereocenters. The first kappa shape index (κ1) is 30.3. The normalized spacial score (nSPS) is 27.0. The Labute approximate surface area is 248 Å². The Morgan fingerprint density at radius 3 is 2.43 bits per heavy atom. The molecule has 4 aliphatic rings. The van der Waals surface area contributed by atoms with Crippen molar-refractivity contribution in [3.63, 3.8) is 0 Å². The van der Waals surface area contributed by atoms with E-state index in [0.29, 0.717) is 81.8 Å². The molecule has 1 amide bonds. The molecule has 1 aromatic rings. The molecule has 42 heavy (non-hydrogen) atoms. The van der Waals surface area contributed by atoms with Gasteiger partial charge in [-0.3, -0.25) is 9.59 Å². The maximum atomic E-state index is 13.8. The molecule has 0 bridgehead atoms. The first-order chi connectivity index (χ1) is 20.0. The number of anilines is 1. The summed E-state index contributed by atoms with van der Waals surface area (Å²) >= 11 is 0. The largest absolute Gasteiger partial charge is 0.476 e. The number of Topliss-reactive ketones (excluding diaryl/α,β-unsaturated/α-hetero) is 2. The Bertz CT molecular complexity index is 1230. The van der Waals surface area contributed by atoms with Gasteiger partial charge in [-0.1, -0.05) is 6.42 Å². The number of hydrogen-bond donors (Lipinski definition) is 1. The van der Waals surface area contributed by atoms with E-state index in [9.17, 15) is 14.4 Å². The lowest BCUT2D eigenvalue weighted by molar-refractivity contribution is -0.143. The molecular formula is C31H46N6O5. The first-order valence-electron chi connectivity index (χ1n) is 15.5. The van der Waals surface area contributed by atoms with Crippen molar-refractivity contribution >= 4 is 29.2 Å². The van der Waals surface area contributed by atoms with Crippen molar-refractivity contribution in [1.82, 2.24) is 19.8 Å². The zero-order valence-corrected chi connectivity index (χ0v) is 25.6. The summed E-state index contributed by atoms with van der Waals surface area (Å²) in [5.74, 6) is 1.19. The minimum atomic E-state index is -0.946. The highest BCUT2D eigenvalue weighted by molar-refractivity contribution is 6.17. The predicted molar refractivity (Wildman–Crippen MR) is 159 cm³/mol. The third kappa shape index (κ3) is 6.40. The van der Waals surface area contributed by atoms with Gasteiger partial charge in [0, 0.05) is 50.3 Å². The van der Waals surface area contributed by atoms with Crippen LogP contribution in [0.15, 0.2) is 11.6 Å². The quantitative estimate of drug-likeness (QED) is 0.406. The van der Waals surface area contributed by atoms with Crippen LogP contribution in [0.25, 0.3) is 5.70 Å². The SMILES string of the molecule is CN1CCC[C@H]1COc1cc(N2CCN(C(=O)OC(C)(C)C)CC2)nc(/C(N)=C2\CCC[C@@]3(CCCCC3=O)C2=O)n1. The smallest absolute Gasteiger partial charge is 0.410 e. The molecule has 2 N–H and O–H groups in total. The van der Waals surface area contributed by atoms with Gasteiger partial charge in [-0.2, -0.15) is 4.98 Å². The second-order valence-electron chi connectivity index (χ2n) is 13.2. The number of hydrogen-bond acceptors (Lipinski definition) is 10. The van der Waals surface area contributed by atoms with Crippen LogP contribution in [0.3, 0.4) is 0 Å². The van der Waals surface area contributed by atoms with Gasteiger partial charge in [-0.05, 0) is 79.3 Å². The number of ether oxygens (including phenoxy) is 2. The molecule has 230 valence electrons. The summed E-state index contributed by atoms with van der Waals surface area (Å²) in [5, 5.41) is 0. The van der Waals surface area contributed by atoms with Crippen LogP contribution in [-0.2, 0) is 14.3 Å². The monoisotopic (exact) mass is 582 g/mol. The Morgan fingerprint density at radius 2 is 1.76 bits per heavy atom. The van der Waals surface area contributed by atoms with Gasteiger partial charge in [0.1, 0.15) is 23.8 Å². The van der Waals surface area contributed by atoms with Crippen molar-refractivity contribution in [3.8, 4) is 5.88 Å². The fourth-order valence-electron chi connectivity index (χ4n) is 6.66. The fourth-order valence-corrected chi connectivity index (χ4v) is 6.66. The molecule has 11 heteroatoms. The third-order valence-electron chi connectivity index (χ3n) is 9.14. The molecule has 2 aliphatic heterocycles. The first-order valence-corrected chi connectivity index (χ1v) is 15.5. The summed E-state index contributed by atoms with van der Waals surface area (Å²) in [4.78, 5) is 55.0. The van der Waals surface area contributed by atoms with Crippen LogP contribution in [0.5, 0.6) is 5.88 Å². The van der Waals surface area contributed by atoms with Crippen molar-refractivity contribution in [2.45, 2.75) is 90.2 Å². The molecule has 0 radical (unpaired) electrons. The number of amides is 1. The maximum absolute atomic E-state index is 13.8. The summed E-state index contributed by atoms with van der Waals surface area (Å²) in [6.45, 7) is 9.17. The van der Waals surface area contributed by atoms with Gasteiger partial charge in [-0.15, -0.1) is 0 Å². The summed E-state index contributed by atoms with van der Waals surface area (Å²) in [6, 6.07) is 2.12. The van der Waals surface area contributed by atoms with Crippen molar-refractivity contribution < 1.29 is 23.9 Å². The molecule has 3 heterocycles. The summed E-state index contributed by atoms with van der Waals surface area (Å²) in [7, 11) is 2.10. The zero-order chi connectivity index (χ0) is 30.1. The van der Waals surface area contributed by atoms with Crippen LogP contribution in [0.4, 0.5) is 10.6 Å². The fraction of sp³-hybridized carbons (Fsp3) is 0.710. The lowest BCUT2D eigenvalue weighted by atomic mass is 9.62. The van der Waals surface area contributed by atoms with Crippen molar-refractivity contribution in [2.75, 3.05) is 51.3 Å². The molecule has 0 aromatic carbocycles. The molecule has 2 saturated carbocycles. The van der Waals surface area contributed by atoms with E-state index < -0.39 is 11.0 Å². The number of carbonyl (C=O) groups excluding carboxylic acids is 3. The number of likely N-dealkylation sites (tertiary alicyclic amines) is 1. The molecule has 1 aromatic heterocycles. The number of nitrogens with two attached hydrogens (primary N) is 1. The standard InChI is InChI=1S/C31H46N6O5/c1-30(2,3)42-29(40)37-17-15-36(16-18-37)24-19-25(41-20-21-9-8-14-35(21)4)34-28(33-24)26(32)22-10-7-13-31(27(22)39)12-6-5-11-23(31)38/h19,21H,5-18,20,32H2,1-4H3/b26-22-/t21-,31+/m0/s1. The molecule has 2 aliphatic carbocycles. The maximum Gasteiger partial charge on any atom is 0.410 e. The van der Waals surface area contributed by atoms with E-state index in [0.717, 1.165) is 38.6 Å². The Morgan fingerprint density at radius 1 is 1.02 bits per heavy atom. The number of rotatable bonds is 5. The Balaban J connectivity index is 1.41.